The maximum Gasteiger partial charge on any atom is 0.127 e. The molecule has 1 aromatic rings. The van der Waals surface area contributed by atoms with Crippen molar-refractivity contribution >= 4 is 21.7 Å². The fraction of sp³-hybridized carbons (Fsp3) is 0.545. The average molecular weight is 270 g/mol. The lowest BCUT2D eigenvalue weighted by Crippen LogP contribution is -2.33. The van der Waals surface area contributed by atoms with E-state index in [4.69, 9.17) is 0 Å². The van der Waals surface area contributed by atoms with Gasteiger partial charge in [-0.15, -0.1) is 0 Å². The van der Waals surface area contributed by atoms with Crippen LogP contribution >= 0.6 is 15.9 Å². The maximum absolute atomic E-state index is 4.34. The molecule has 1 aromatic heterocycles. The predicted molar refractivity (Wildman–Crippen MR) is 66.0 cm³/mol. The molecule has 15 heavy (non-hydrogen) atoms. The van der Waals surface area contributed by atoms with E-state index in [0.717, 1.165) is 29.4 Å². The van der Waals surface area contributed by atoms with Gasteiger partial charge in [-0.25, -0.2) is 4.98 Å². The number of hydrogen-bond donors (Lipinski definition) is 2. The number of anilines is 1. The fourth-order valence-electron chi connectivity index (χ4n) is 1.85. The van der Waals surface area contributed by atoms with E-state index >= 15 is 0 Å². The van der Waals surface area contributed by atoms with E-state index < -0.39 is 0 Å². The first-order chi connectivity index (χ1) is 7.34. The molecule has 0 bridgehead atoms. The summed E-state index contributed by atoms with van der Waals surface area (Å²) in [5.74, 6) is 1.69. The Morgan fingerprint density at radius 2 is 2.47 bits per heavy atom. The zero-order valence-corrected chi connectivity index (χ0v) is 10.3. The number of aromatic nitrogens is 1. The van der Waals surface area contributed by atoms with Gasteiger partial charge in [0.1, 0.15) is 10.4 Å². The minimum atomic E-state index is 0.736. The van der Waals surface area contributed by atoms with Gasteiger partial charge < -0.3 is 10.6 Å². The molecule has 1 aliphatic heterocycles. The highest BCUT2D eigenvalue weighted by Gasteiger charge is 2.12. The SMILES string of the molecule is Brc1cccc(NC[C@@H]2CCCNC2)n1. The van der Waals surface area contributed by atoms with E-state index in [-0.39, 0.29) is 0 Å². The van der Waals surface area contributed by atoms with Crippen LogP contribution in [-0.4, -0.2) is 24.6 Å². The first-order valence-electron chi connectivity index (χ1n) is 5.42. The third kappa shape index (κ3) is 3.47. The van der Waals surface area contributed by atoms with Crippen LogP contribution in [-0.2, 0) is 0 Å². The molecule has 1 fully saturated rings. The van der Waals surface area contributed by atoms with Crippen molar-refractivity contribution in [3.63, 3.8) is 0 Å². The lowest BCUT2D eigenvalue weighted by Gasteiger charge is -2.23. The molecule has 0 amide bonds. The Labute approximate surface area is 98.8 Å². The molecule has 4 heteroatoms. The Balaban J connectivity index is 1.81. The predicted octanol–water partition coefficient (Wildman–Crippen LogP) is 2.26. The highest BCUT2D eigenvalue weighted by Crippen LogP contribution is 2.13. The maximum atomic E-state index is 4.34. The minimum Gasteiger partial charge on any atom is -0.370 e. The highest BCUT2D eigenvalue weighted by molar-refractivity contribution is 9.10. The van der Waals surface area contributed by atoms with Crippen molar-refractivity contribution in [2.24, 2.45) is 5.92 Å². The zero-order valence-electron chi connectivity index (χ0n) is 8.67. The Hall–Kier alpha value is -0.610. The van der Waals surface area contributed by atoms with Crippen LogP contribution in [0.5, 0.6) is 0 Å². The summed E-state index contributed by atoms with van der Waals surface area (Å²) in [5.41, 5.74) is 0. The average Bonchev–Trinajstić information content (AvgIpc) is 2.28. The van der Waals surface area contributed by atoms with Crippen LogP contribution < -0.4 is 10.6 Å². The van der Waals surface area contributed by atoms with Crippen LogP contribution in [0, 0.1) is 5.92 Å². The summed E-state index contributed by atoms with van der Waals surface area (Å²) >= 11 is 3.36. The molecule has 1 atom stereocenters. The van der Waals surface area contributed by atoms with E-state index in [0.29, 0.717) is 0 Å². The molecule has 0 aromatic carbocycles. The fourth-order valence-corrected chi connectivity index (χ4v) is 2.20. The van der Waals surface area contributed by atoms with Gasteiger partial charge in [-0.2, -0.15) is 0 Å². The van der Waals surface area contributed by atoms with Gasteiger partial charge in [-0.3, -0.25) is 0 Å². The van der Waals surface area contributed by atoms with Gasteiger partial charge in [0.05, 0.1) is 0 Å². The van der Waals surface area contributed by atoms with Gasteiger partial charge in [0.25, 0.3) is 0 Å². The molecular weight excluding hydrogens is 254 g/mol. The number of piperidine rings is 1. The van der Waals surface area contributed by atoms with Crippen LogP contribution in [0.15, 0.2) is 22.8 Å². The summed E-state index contributed by atoms with van der Waals surface area (Å²) in [6.07, 6.45) is 2.60. The summed E-state index contributed by atoms with van der Waals surface area (Å²) < 4.78 is 0.884. The monoisotopic (exact) mass is 269 g/mol. The second kappa shape index (κ2) is 5.47. The van der Waals surface area contributed by atoms with Gasteiger partial charge in [0.2, 0.25) is 0 Å². The zero-order chi connectivity index (χ0) is 10.5. The van der Waals surface area contributed by atoms with Crippen molar-refractivity contribution in [3.8, 4) is 0 Å². The standard InChI is InChI=1S/C11H16BrN3/c12-10-4-1-5-11(15-10)14-8-9-3-2-6-13-7-9/h1,4-5,9,13H,2-3,6-8H2,(H,14,15)/t9-/m1/s1. The van der Waals surface area contributed by atoms with E-state index in [1.807, 2.05) is 18.2 Å². The van der Waals surface area contributed by atoms with E-state index in [9.17, 15) is 0 Å². The number of rotatable bonds is 3. The van der Waals surface area contributed by atoms with E-state index in [2.05, 4.69) is 31.5 Å². The first-order valence-corrected chi connectivity index (χ1v) is 6.21. The highest BCUT2D eigenvalue weighted by atomic mass is 79.9. The lowest BCUT2D eigenvalue weighted by molar-refractivity contribution is 0.392. The van der Waals surface area contributed by atoms with Gasteiger partial charge in [-0.1, -0.05) is 6.07 Å². The van der Waals surface area contributed by atoms with Gasteiger partial charge in [-0.05, 0) is 59.9 Å². The largest absolute Gasteiger partial charge is 0.370 e. The Morgan fingerprint density at radius 3 is 3.20 bits per heavy atom. The minimum absolute atomic E-state index is 0.736. The van der Waals surface area contributed by atoms with Crippen LogP contribution in [0.4, 0.5) is 5.82 Å². The number of halogens is 1. The normalized spacial score (nSPS) is 21.3. The molecule has 82 valence electrons. The van der Waals surface area contributed by atoms with Gasteiger partial charge in [0.15, 0.2) is 0 Å². The molecule has 1 saturated heterocycles. The molecule has 0 aliphatic carbocycles. The van der Waals surface area contributed by atoms with Crippen LogP contribution in [0.25, 0.3) is 0 Å². The third-order valence-electron chi connectivity index (χ3n) is 2.69. The molecule has 3 nitrogen and oxygen atoms in total. The quantitative estimate of drug-likeness (QED) is 0.827. The van der Waals surface area contributed by atoms with Crippen molar-refractivity contribution in [2.75, 3.05) is 25.0 Å². The molecule has 2 heterocycles. The summed E-state index contributed by atoms with van der Waals surface area (Å²) in [6.45, 7) is 3.31. The van der Waals surface area contributed by atoms with E-state index in [1.165, 1.54) is 19.4 Å². The Morgan fingerprint density at radius 1 is 1.53 bits per heavy atom. The Kier molecular flexibility index (Phi) is 3.97. The molecule has 2 N–H and O–H groups in total. The first kappa shape index (κ1) is 10.9. The van der Waals surface area contributed by atoms with Crippen molar-refractivity contribution in [1.82, 2.24) is 10.3 Å². The second-order valence-corrected chi connectivity index (χ2v) is 4.75. The van der Waals surface area contributed by atoms with Crippen molar-refractivity contribution in [1.29, 1.82) is 0 Å². The summed E-state index contributed by atoms with van der Waals surface area (Å²) in [7, 11) is 0. The van der Waals surface area contributed by atoms with Crippen molar-refractivity contribution in [2.45, 2.75) is 12.8 Å². The summed E-state index contributed by atoms with van der Waals surface area (Å²) in [4.78, 5) is 4.34. The molecule has 1 aliphatic rings. The van der Waals surface area contributed by atoms with Crippen molar-refractivity contribution < 1.29 is 0 Å². The molecule has 0 unspecified atom stereocenters. The summed E-state index contributed by atoms with van der Waals surface area (Å²) in [6, 6.07) is 5.94. The van der Waals surface area contributed by atoms with Crippen molar-refractivity contribution in [3.05, 3.63) is 22.8 Å². The van der Waals surface area contributed by atoms with Crippen LogP contribution in [0.2, 0.25) is 0 Å². The molecular formula is C11H16BrN3. The molecule has 0 spiro atoms. The van der Waals surface area contributed by atoms with Gasteiger partial charge in [0, 0.05) is 6.54 Å². The smallest absolute Gasteiger partial charge is 0.127 e. The Bertz CT molecular complexity index is 310. The second-order valence-electron chi connectivity index (χ2n) is 3.94. The van der Waals surface area contributed by atoms with Gasteiger partial charge >= 0.3 is 0 Å². The number of pyridine rings is 1. The number of nitrogens with zero attached hydrogens (tertiary/aromatic N) is 1. The molecule has 0 saturated carbocycles. The third-order valence-corrected chi connectivity index (χ3v) is 3.13. The van der Waals surface area contributed by atoms with E-state index in [1.54, 1.807) is 0 Å². The molecule has 2 rings (SSSR count). The summed E-state index contributed by atoms with van der Waals surface area (Å²) in [5, 5.41) is 6.79. The topological polar surface area (TPSA) is 37.0 Å². The number of nitrogens with one attached hydrogen (secondary N) is 2. The number of hydrogen-bond acceptors (Lipinski definition) is 3. The lowest BCUT2D eigenvalue weighted by atomic mass is 10.00. The van der Waals surface area contributed by atoms with Crippen LogP contribution in [0.3, 0.4) is 0 Å². The molecule has 0 radical (unpaired) electrons. The van der Waals surface area contributed by atoms with Crippen LogP contribution in [0.1, 0.15) is 12.8 Å².